The molecular formula is C11H16O3. The first kappa shape index (κ1) is 11.0. The average molecular weight is 196 g/mol. The number of hydrogen-bond acceptors (Lipinski definition) is 3. The molecule has 1 aliphatic rings. The van der Waals surface area contributed by atoms with Crippen molar-refractivity contribution in [2.75, 3.05) is 6.61 Å². The Morgan fingerprint density at radius 1 is 1.57 bits per heavy atom. The van der Waals surface area contributed by atoms with Crippen molar-refractivity contribution in [1.29, 1.82) is 0 Å². The van der Waals surface area contributed by atoms with Gasteiger partial charge in [-0.25, -0.2) is 0 Å². The molecule has 0 amide bonds. The fraction of sp³-hybridized carbons (Fsp3) is 0.545. The molecule has 1 aliphatic heterocycles. The van der Waals surface area contributed by atoms with Gasteiger partial charge in [0.25, 0.3) is 0 Å². The number of allylic oxidation sites excluding steroid dienone is 3. The van der Waals surface area contributed by atoms with Gasteiger partial charge < -0.3 is 9.84 Å². The number of cyclic esters (lactones) is 1. The third-order valence-corrected chi connectivity index (χ3v) is 2.33. The second-order valence-corrected chi connectivity index (χ2v) is 3.47. The zero-order valence-electron chi connectivity index (χ0n) is 8.51. The van der Waals surface area contributed by atoms with Crippen LogP contribution in [-0.2, 0) is 9.53 Å². The molecule has 3 unspecified atom stereocenters. The van der Waals surface area contributed by atoms with Crippen molar-refractivity contribution in [2.45, 2.75) is 20.0 Å². The quantitative estimate of drug-likeness (QED) is 0.546. The Kier molecular flexibility index (Phi) is 3.89. The number of aliphatic hydroxyl groups excluding tert-OH is 1. The van der Waals surface area contributed by atoms with E-state index < -0.39 is 12.0 Å². The Hall–Kier alpha value is -1.09. The van der Waals surface area contributed by atoms with E-state index in [9.17, 15) is 9.90 Å². The van der Waals surface area contributed by atoms with Gasteiger partial charge in [-0.1, -0.05) is 24.3 Å². The fourth-order valence-corrected chi connectivity index (χ4v) is 1.60. The van der Waals surface area contributed by atoms with E-state index in [1.165, 1.54) is 0 Å². The lowest BCUT2D eigenvalue weighted by Crippen LogP contribution is -2.26. The van der Waals surface area contributed by atoms with Crippen molar-refractivity contribution in [3.8, 4) is 0 Å². The third-order valence-electron chi connectivity index (χ3n) is 2.33. The van der Waals surface area contributed by atoms with Gasteiger partial charge in [0.1, 0.15) is 0 Å². The maximum Gasteiger partial charge on any atom is 0.312 e. The summed E-state index contributed by atoms with van der Waals surface area (Å²) < 4.78 is 4.90. The van der Waals surface area contributed by atoms with Gasteiger partial charge in [0.05, 0.1) is 18.6 Å². The zero-order chi connectivity index (χ0) is 10.6. The third kappa shape index (κ3) is 2.45. The van der Waals surface area contributed by atoms with Gasteiger partial charge in [-0.15, -0.1) is 0 Å². The lowest BCUT2D eigenvalue weighted by molar-refractivity contribution is -0.143. The number of carbonyl (C=O) groups excluding carboxylic acids is 1. The molecule has 3 heteroatoms. The molecule has 0 saturated carbocycles. The van der Waals surface area contributed by atoms with Crippen LogP contribution < -0.4 is 0 Å². The molecule has 1 N–H and O–H groups in total. The highest BCUT2D eigenvalue weighted by atomic mass is 16.5. The summed E-state index contributed by atoms with van der Waals surface area (Å²) in [5, 5.41) is 9.40. The van der Waals surface area contributed by atoms with Crippen molar-refractivity contribution in [3.63, 3.8) is 0 Å². The van der Waals surface area contributed by atoms with Crippen molar-refractivity contribution in [1.82, 2.24) is 0 Å². The van der Waals surface area contributed by atoms with Gasteiger partial charge in [0, 0.05) is 5.92 Å². The summed E-state index contributed by atoms with van der Waals surface area (Å²) in [6.45, 7) is 3.92. The van der Waals surface area contributed by atoms with E-state index in [1.807, 2.05) is 31.2 Å². The molecule has 3 nitrogen and oxygen atoms in total. The van der Waals surface area contributed by atoms with E-state index in [2.05, 4.69) is 0 Å². The lowest BCUT2D eigenvalue weighted by Gasteiger charge is -2.13. The van der Waals surface area contributed by atoms with E-state index in [-0.39, 0.29) is 11.9 Å². The molecule has 1 saturated heterocycles. The largest absolute Gasteiger partial charge is 0.465 e. The Labute approximate surface area is 84.1 Å². The van der Waals surface area contributed by atoms with Crippen LogP contribution in [0.3, 0.4) is 0 Å². The van der Waals surface area contributed by atoms with Crippen LogP contribution in [0.25, 0.3) is 0 Å². The first-order valence-corrected chi connectivity index (χ1v) is 4.81. The predicted molar refractivity (Wildman–Crippen MR) is 53.6 cm³/mol. The lowest BCUT2D eigenvalue weighted by atomic mass is 9.90. The Balaban J connectivity index is 2.64. The molecule has 1 fully saturated rings. The molecular weight excluding hydrogens is 180 g/mol. The predicted octanol–water partition coefficient (Wildman–Crippen LogP) is 1.29. The number of rotatable bonds is 3. The molecule has 78 valence electrons. The number of ether oxygens (including phenoxy) is 1. The first-order valence-electron chi connectivity index (χ1n) is 4.81. The molecule has 14 heavy (non-hydrogen) atoms. The molecule has 0 aliphatic carbocycles. The molecule has 0 aromatic carbocycles. The summed E-state index contributed by atoms with van der Waals surface area (Å²) in [4.78, 5) is 11.2. The fourth-order valence-electron chi connectivity index (χ4n) is 1.60. The minimum atomic E-state index is -0.648. The second-order valence-electron chi connectivity index (χ2n) is 3.47. The van der Waals surface area contributed by atoms with Gasteiger partial charge >= 0.3 is 5.97 Å². The summed E-state index contributed by atoms with van der Waals surface area (Å²) in [6, 6.07) is 0. The van der Waals surface area contributed by atoms with Crippen LogP contribution >= 0.6 is 0 Å². The zero-order valence-corrected chi connectivity index (χ0v) is 8.51. The molecule has 1 heterocycles. The summed E-state index contributed by atoms with van der Waals surface area (Å²) in [5.74, 6) is -0.703. The summed E-state index contributed by atoms with van der Waals surface area (Å²) >= 11 is 0. The van der Waals surface area contributed by atoms with Crippen LogP contribution in [-0.4, -0.2) is 23.8 Å². The highest BCUT2D eigenvalue weighted by molar-refractivity contribution is 5.75. The van der Waals surface area contributed by atoms with Gasteiger partial charge in [-0.3, -0.25) is 4.79 Å². The Morgan fingerprint density at radius 2 is 2.29 bits per heavy atom. The summed E-state index contributed by atoms with van der Waals surface area (Å²) in [5.41, 5.74) is 0. The van der Waals surface area contributed by atoms with E-state index in [0.29, 0.717) is 6.61 Å². The number of esters is 1. The maximum atomic E-state index is 11.2. The second kappa shape index (κ2) is 4.96. The van der Waals surface area contributed by atoms with Crippen molar-refractivity contribution < 1.29 is 14.6 Å². The van der Waals surface area contributed by atoms with Crippen LogP contribution in [0, 0.1) is 11.8 Å². The van der Waals surface area contributed by atoms with Gasteiger partial charge in [-0.2, -0.15) is 0 Å². The molecule has 0 radical (unpaired) electrons. The van der Waals surface area contributed by atoms with Crippen molar-refractivity contribution >= 4 is 5.97 Å². The molecule has 0 aromatic heterocycles. The molecule has 1 rings (SSSR count). The Bertz CT molecular complexity index is 253. The molecule has 0 aromatic rings. The normalized spacial score (nSPS) is 30.1. The number of hydrogen-bond donors (Lipinski definition) is 1. The van der Waals surface area contributed by atoms with Gasteiger partial charge in [-0.05, 0) is 13.8 Å². The topological polar surface area (TPSA) is 46.5 Å². The SMILES string of the molecule is C/C=C/C=C/C1COC(=O)C1C(C)O. The molecule has 0 bridgehead atoms. The highest BCUT2D eigenvalue weighted by Crippen LogP contribution is 2.26. The first-order chi connectivity index (χ1) is 6.66. The van der Waals surface area contributed by atoms with Crippen LogP contribution in [0.2, 0.25) is 0 Å². The number of aliphatic hydroxyl groups is 1. The highest BCUT2D eigenvalue weighted by Gasteiger charge is 2.38. The van der Waals surface area contributed by atoms with E-state index in [4.69, 9.17) is 4.74 Å². The standard InChI is InChI=1S/C11H16O3/c1-3-4-5-6-9-7-14-11(13)10(9)8(2)12/h3-6,8-10,12H,7H2,1-2H3/b4-3+,6-5+. The average Bonchev–Trinajstić information content (AvgIpc) is 2.47. The van der Waals surface area contributed by atoms with Gasteiger partial charge in [0.2, 0.25) is 0 Å². The summed E-state index contributed by atoms with van der Waals surface area (Å²) in [6.07, 6.45) is 6.93. The monoisotopic (exact) mass is 196 g/mol. The molecule has 3 atom stereocenters. The van der Waals surface area contributed by atoms with Crippen molar-refractivity contribution in [3.05, 3.63) is 24.3 Å². The minimum Gasteiger partial charge on any atom is -0.465 e. The molecule has 0 spiro atoms. The van der Waals surface area contributed by atoms with Crippen LogP contribution in [0.4, 0.5) is 0 Å². The van der Waals surface area contributed by atoms with E-state index in [1.54, 1.807) is 6.92 Å². The van der Waals surface area contributed by atoms with E-state index in [0.717, 1.165) is 0 Å². The van der Waals surface area contributed by atoms with Crippen molar-refractivity contribution in [2.24, 2.45) is 11.8 Å². The Morgan fingerprint density at radius 3 is 2.86 bits per heavy atom. The summed E-state index contributed by atoms with van der Waals surface area (Å²) in [7, 11) is 0. The number of carbonyl (C=O) groups is 1. The minimum absolute atomic E-state index is 0.00120. The van der Waals surface area contributed by atoms with Crippen LogP contribution in [0.1, 0.15) is 13.8 Å². The van der Waals surface area contributed by atoms with Gasteiger partial charge in [0.15, 0.2) is 0 Å². The van der Waals surface area contributed by atoms with Crippen LogP contribution in [0.5, 0.6) is 0 Å². The van der Waals surface area contributed by atoms with E-state index >= 15 is 0 Å². The smallest absolute Gasteiger partial charge is 0.312 e. The maximum absolute atomic E-state index is 11.2. The van der Waals surface area contributed by atoms with Crippen LogP contribution in [0.15, 0.2) is 24.3 Å².